The Hall–Kier alpha value is -1.89. The Balaban J connectivity index is 1.92. The van der Waals surface area contributed by atoms with E-state index in [1.54, 1.807) is 6.92 Å². The fraction of sp³-hybridized carbons (Fsp3) is 0.400. The molecule has 3 heterocycles. The van der Waals surface area contributed by atoms with Gasteiger partial charge in [-0.1, -0.05) is 17.7 Å². The molecule has 1 aliphatic heterocycles. The Kier molecular flexibility index (Phi) is 3.91. The van der Waals surface area contributed by atoms with E-state index in [4.69, 9.17) is 11.6 Å². The minimum Gasteiger partial charge on any atom is -0.351 e. The van der Waals surface area contributed by atoms with Gasteiger partial charge in [0.25, 0.3) is 0 Å². The van der Waals surface area contributed by atoms with Crippen molar-refractivity contribution in [2.75, 3.05) is 11.4 Å². The normalized spacial score (nSPS) is 14.8. The first-order chi connectivity index (χ1) is 10.8. The molecule has 122 valence electrons. The second-order valence-corrected chi connectivity index (χ2v) is 5.84. The van der Waals surface area contributed by atoms with Crippen LogP contribution in [0.4, 0.5) is 19.0 Å². The van der Waals surface area contributed by atoms with Crippen molar-refractivity contribution < 1.29 is 13.2 Å². The Morgan fingerprint density at radius 2 is 1.87 bits per heavy atom. The van der Waals surface area contributed by atoms with Crippen molar-refractivity contribution in [3.05, 3.63) is 45.6 Å². The number of hydrogen-bond acceptors (Lipinski definition) is 4. The van der Waals surface area contributed by atoms with Crippen molar-refractivity contribution in [3.8, 4) is 0 Å². The molecule has 1 aliphatic rings. The van der Waals surface area contributed by atoms with E-state index in [1.165, 1.54) is 6.07 Å². The molecule has 0 saturated heterocycles. The SMILES string of the molecule is Cc1nc(Cl)c(C)c(N2CCc3nc(C(F)(F)F)ccc3C2)n1. The van der Waals surface area contributed by atoms with Gasteiger partial charge in [-0.25, -0.2) is 15.0 Å². The number of aromatic nitrogens is 3. The highest BCUT2D eigenvalue weighted by Gasteiger charge is 2.33. The number of fused-ring (bicyclic) bond motifs is 1. The summed E-state index contributed by atoms with van der Waals surface area (Å²) in [6, 6.07) is 2.51. The van der Waals surface area contributed by atoms with E-state index in [1.807, 2.05) is 11.8 Å². The van der Waals surface area contributed by atoms with Crippen LogP contribution < -0.4 is 4.90 Å². The average molecular weight is 343 g/mol. The lowest BCUT2D eigenvalue weighted by Gasteiger charge is -2.30. The average Bonchev–Trinajstić information content (AvgIpc) is 2.49. The van der Waals surface area contributed by atoms with Gasteiger partial charge in [-0.2, -0.15) is 13.2 Å². The third-order valence-corrected chi connectivity index (χ3v) is 4.18. The fourth-order valence-electron chi connectivity index (χ4n) is 2.64. The van der Waals surface area contributed by atoms with Gasteiger partial charge in [-0.15, -0.1) is 0 Å². The van der Waals surface area contributed by atoms with E-state index in [0.717, 1.165) is 17.2 Å². The first-order valence-corrected chi connectivity index (χ1v) is 7.45. The maximum Gasteiger partial charge on any atom is 0.433 e. The van der Waals surface area contributed by atoms with Gasteiger partial charge < -0.3 is 4.90 Å². The van der Waals surface area contributed by atoms with Crippen LogP contribution in [0.15, 0.2) is 12.1 Å². The molecule has 0 fully saturated rings. The van der Waals surface area contributed by atoms with Crippen LogP contribution in [0.25, 0.3) is 0 Å². The smallest absolute Gasteiger partial charge is 0.351 e. The number of rotatable bonds is 1. The van der Waals surface area contributed by atoms with Crippen LogP contribution in [0.1, 0.15) is 28.3 Å². The summed E-state index contributed by atoms with van der Waals surface area (Å²) >= 11 is 6.09. The summed E-state index contributed by atoms with van der Waals surface area (Å²) in [4.78, 5) is 14.3. The first kappa shape index (κ1) is 16.0. The molecular formula is C15H14ClF3N4. The monoisotopic (exact) mass is 342 g/mol. The van der Waals surface area contributed by atoms with Gasteiger partial charge in [0.2, 0.25) is 0 Å². The molecule has 3 rings (SSSR count). The molecule has 0 atom stereocenters. The molecule has 0 aliphatic carbocycles. The number of pyridine rings is 1. The van der Waals surface area contributed by atoms with Crippen LogP contribution >= 0.6 is 11.6 Å². The summed E-state index contributed by atoms with van der Waals surface area (Å²) < 4.78 is 38.2. The van der Waals surface area contributed by atoms with E-state index in [-0.39, 0.29) is 0 Å². The molecule has 2 aromatic rings. The van der Waals surface area contributed by atoms with Crippen molar-refractivity contribution in [2.45, 2.75) is 33.0 Å². The molecule has 4 nitrogen and oxygen atoms in total. The maximum absolute atomic E-state index is 12.7. The number of hydrogen-bond donors (Lipinski definition) is 0. The van der Waals surface area contributed by atoms with Crippen molar-refractivity contribution >= 4 is 17.4 Å². The van der Waals surface area contributed by atoms with Crippen LogP contribution in [0.5, 0.6) is 0 Å². The zero-order valence-corrected chi connectivity index (χ0v) is 13.3. The second kappa shape index (κ2) is 5.63. The third-order valence-electron chi connectivity index (χ3n) is 3.81. The van der Waals surface area contributed by atoms with E-state index in [2.05, 4.69) is 15.0 Å². The highest BCUT2D eigenvalue weighted by Crippen LogP contribution is 2.31. The largest absolute Gasteiger partial charge is 0.433 e. The van der Waals surface area contributed by atoms with E-state index >= 15 is 0 Å². The summed E-state index contributed by atoms with van der Waals surface area (Å²) in [6.07, 6.45) is -3.99. The lowest BCUT2D eigenvalue weighted by atomic mass is 10.0. The van der Waals surface area contributed by atoms with Crippen molar-refractivity contribution in [1.82, 2.24) is 15.0 Å². The first-order valence-electron chi connectivity index (χ1n) is 7.07. The summed E-state index contributed by atoms with van der Waals surface area (Å²) in [5.74, 6) is 1.28. The molecule has 0 amide bonds. The van der Waals surface area contributed by atoms with Gasteiger partial charge in [0.05, 0.1) is 0 Å². The molecule has 0 spiro atoms. The second-order valence-electron chi connectivity index (χ2n) is 5.48. The van der Waals surface area contributed by atoms with Crippen LogP contribution in [-0.2, 0) is 19.1 Å². The molecule has 2 aromatic heterocycles. The van der Waals surface area contributed by atoms with Crippen LogP contribution in [0, 0.1) is 13.8 Å². The van der Waals surface area contributed by atoms with Crippen LogP contribution in [0.2, 0.25) is 5.15 Å². The highest BCUT2D eigenvalue weighted by atomic mass is 35.5. The van der Waals surface area contributed by atoms with Gasteiger partial charge in [-0.3, -0.25) is 0 Å². The van der Waals surface area contributed by atoms with Crippen molar-refractivity contribution in [1.29, 1.82) is 0 Å². The minimum absolute atomic E-state index is 0.392. The molecule has 0 aromatic carbocycles. The molecule has 0 saturated carbocycles. The summed E-state index contributed by atoms with van der Waals surface area (Å²) in [7, 11) is 0. The third kappa shape index (κ3) is 3.10. The molecule has 23 heavy (non-hydrogen) atoms. The standard InChI is InChI=1S/C15H14ClF3N4/c1-8-13(16)20-9(2)21-14(8)23-6-5-11-10(7-23)3-4-12(22-11)15(17,18)19/h3-4H,5-7H2,1-2H3. The van der Waals surface area contributed by atoms with Gasteiger partial charge in [0.15, 0.2) is 0 Å². The number of aryl methyl sites for hydroxylation is 1. The number of nitrogens with zero attached hydrogens (tertiary/aromatic N) is 4. The Labute approximate surface area is 136 Å². The van der Waals surface area contributed by atoms with E-state index in [9.17, 15) is 13.2 Å². The summed E-state index contributed by atoms with van der Waals surface area (Å²) in [5, 5.41) is 0.392. The Bertz CT molecular complexity index is 761. The topological polar surface area (TPSA) is 41.9 Å². The Morgan fingerprint density at radius 3 is 2.57 bits per heavy atom. The number of alkyl halides is 3. The molecule has 0 N–H and O–H groups in total. The number of halogens is 4. The molecule has 8 heteroatoms. The summed E-state index contributed by atoms with van der Waals surface area (Å²) in [5.41, 5.74) is 1.18. The lowest BCUT2D eigenvalue weighted by molar-refractivity contribution is -0.141. The van der Waals surface area contributed by atoms with Crippen LogP contribution in [-0.4, -0.2) is 21.5 Å². The molecular weight excluding hydrogens is 329 g/mol. The zero-order chi connectivity index (χ0) is 16.8. The van der Waals surface area contributed by atoms with Gasteiger partial charge in [0.1, 0.15) is 22.5 Å². The zero-order valence-electron chi connectivity index (χ0n) is 12.6. The number of anilines is 1. The molecule has 0 unspecified atom stereocenters. The molecule has 0 bridgehead atoms. The Morgan fingerprint density at radius 1 is 1.13 bits per heavy atom. The van der Waals surface area contributed by atoms with Gasteiger partial charge in [0, 0.05) is 30.8 Å². The fourth-order valence-corrected chi connectivity index (χ4v) is 2.85. The lowest BCUT2D eigenvalue weighted by Crippen LogP contribution is -2.33. The minimum atomic E-state index is -4.42. The predicted molar refractivity (Wildman–Crippen MR) is 80.5 cm³/mol. The van der Waals surface area contributed by atoms with E-state index < -0.39 is 11.9 Å². The molecule has 0 radical (unpaired) electrons. The van der Waals surface area contributed by atoms with Crippen LogP contribution in [0.3, 0.4) is 0 Å². The van der Waals surface area contributed by atoms with Gasteiger partial charge >= 0.3 is 6.18 Å². The van der Waals surface area contributed by atoms with Crippen molar-refractivity contribution in [3.63, 3.8) is 0 Å². The van der Waals surface area contributed by atoms with E-state index in [0.29, 0.717) is 42.0 Å². The maximum atomic E-state index is 12.7. The predicted octanol–water partition coefficient (Wildman–Crippen LogP) is 3.72. The highest BCUT2D eigenvalue weighted by molar-refractivity contribution is 6.30. The quantitative estimate of drug-likeness (QED) is 0.741. The summed E-state index contributed by atoms with van der Waals surface area (Å²) in [6.45, 7) is 4.57. The van der Waals surface area contributed by atoms with Crippen molar-refractivity contribution in [2.24, 2.45) is 0 Å². The van der Waals surface area contributed by atoms with Gasteiger partial charge in [-0.05, 0) is 25.5 Å².